The average molecular weight is 612 g/mol. The molecule has 1 heterocycles. The van der Waals surface area contributed by atoms with E-state index >= 15 is 0 Å². The van der Waals surface area contributed by atoms with Gasteiger partial charge in [-0.25, -0.2) is 9.59 Å². The van der Waals surface area contributed by atoms with Crippen molar-refractivity contribution in [1.82, 2.24) is 10.2 Å². The number of hydrogen-bond acceptors (Lipinski definition) is 9. The Morgan fingerprint density at radius 3 is 2.48 bits per heavy atom. The first-order chi connectivity index (χ1) is 19.0. The molecule has 13 heteroatoms. The minimum Gasteiger partial charge on any atom is -0.480 e. The fourth-order valence-corrected chi connectivity index (χ4v) is 7.56. The molecule has 2 aliphatic rings. The molecule has 0 radical (unpaired) electrons. The number of hydrogen-bond donors (Lipinski definition) is 4. The Balaban J connectivity index is 1.64. The Labute approximate surface area is 245 Å². The summed E-state index contributed by atoms with van der Waals surface area (Å²) in [6.07, 6.45) is 3.43. The highest BCUT2D eigenvalue weighted by molar-refractivity contribution is 8.77. The number of nitrogens with two attached hydrogens (primary N) is 1. The summed E-state index contributed by atoms with van der Waals surface area (Å²) < 4.78 is 0. The van der Waals surface area contributed by atoms with Gasteiger partial charge in [0, 0.05) is 47.5 Å². The van der Waals surface area contributed by atoms with Gasteiger partial charge in [0.1, 0.15) is 11.8 Å². The molecule has 10 nitrogen and oxygen atoms in total. The fourth-order valence-electron chi connectivity index (χ4n) is 4.45. The van der Waals surface area contributed by atoms with Gasteiger partial charge in [0.05, 0.1) is 12.1 Å². The highest BCUT2D eigenvalue weighted by atomic mass is 35.5. The Hall–Kier alpha value is -2.38. The molecule has 0 aromatic heterocycles. The topological polar surface area (TPSA) is 167 Å². The van der Waals surface area contributed by atoms with Crippen LogP contribution < -0.4 is 11.1 Å². The van der Waals surface area contributed by atoms with Crippen molar-refractivity contribution in [1.29, 1.82) is 0 Å². The van der Waals surface area contributed by atoms with Crippen LogP contribution in [-0.4, -0.2) is 80.7 Å². The van der Waals surface area contributed by atoms with Crippen LogP contribution in [0.4, 0.5) is 0 Å². The van der Waals surface area contributed by atoms with E-state index in [1.54, 1.807) is 12.1 Å². The standard InChI is InChI=1S/C27H34ClN3O7S2/c1-15(32)20(29)8-9-23(33)30-21(27(37)38)14-39-40-22-10-11-31(13-17(22)12-24(34)35)25(26(36)16-6-7-16)18-4-2-3-5-19(18)28/h2-5,12,16,20-22,25H,6-11,13-14,29H2,1H3,(H,30,33)(H,34,35)(H,37,38)/b17-12-. The van der Waals surface area contributed by atoms with Gasteiger partial charge in [-0.1, -0.05) is 51.4 Å². The average Bonchev–Trinajstić information content (AvgIpc) is 3.74. The lowest BCUT2D eigenvalue weighted by atomic mass is 9.94. The van der Waals surface area contributed by atoms with Gasteiger partial charge in [-0.3, -0.25) is 19.3 Å². The molecule has 4 atom stereocenters. The summed E-state index contributed by atoms with van der Waals surface area (Å²) in [7, 11) is 2.58. The molecule has 1 amide bonds. The normalized spacial score (nSPS) is 20.9. The molecule has 0 bridgehead atoms. The van der Waals surface area contributed by atoms with Crippen molar-refractivity contribution < 1.29 is 34.2 Å². The van der Waals surface area contributed by atoms with E-state index in [4.69, 9.17) is 17.3 Å². The summed E-state index contributed by atoms with van der Waals surface area (Å²) in [5.41, 5.74) is 6.97. The minimum absolute atomic E-state index is 0.0165. The van der Waals surface area contributed by atoms with E-state index < -0.39 is 36.0 Å². The fraction of sp³-hybridized carbons (Fsp3) is 0.519. The summed E-state index contributed by atoms with van der Waals surface area (Å²) >= 11 is 6.47. The number of piperidine rings is 1. The second kappa shape index (κ2) is 15.0. The minimum atomic E-state index is -1.20. The first-order valence-electron chi connectivity index (χ1n) is 13.0. The highest BCUT2D eigenvalue weighted by Gasteiger charge is 2.41. The van der Waals surface area contributed by atoms with E-state index in [1.165, 1.54) is 28.5 Å². The Morgan fingerprint density at radius 1 is 1.18 bits per heavy atom. The summed E-state index contributed by atoms with van der Waals surface area (Å²) in [4.78, 5) is 62.1. The van der Waals surface area contributed by atoms with Crippen molar-refractivity contribution in [2.45, 2.75) is 62.4 Å². The van der Waals surface area contributed by atoms with E-state index in [2.05, 4.69) is 5.32 Å². The first-order valence-corrected chi connectivity index (χ1v) is 15.8. The van der Waals surface area contributed by atoms with E-state index in [-0.39, 0.29) is 47.9 Å². The third-order valence-corrected chi connectivity index (χ3v) is 10.1. The monoisotopic (exact) mass is 611 g/mol. The van der Waals surface area contributed by atoms with Crippen LogP contribution in [0.3, 0.4) is 0 Å². The summed E-state index contributed by atoms with van der Waals surface area (Å²) in [6.45, 7) is 2.11. The quantitative estimate of drug-likeness (QED) is 0.170. The molecule has 1 aromatic carbocycles. The predicted molar refractivity (Wildman–Crippen MR) is 155 cm³/mol. The van der Waals surface area contributed by atoms with E-state index in [0.717, 1.165) is 18.9 Å². The van der Waals surface area contributed by atoms with E-state index in [9.17, 15) is 34.2 Å². The van der Waals surface area contributed by atoms with Crippen LogP contribution in [0, 0.1) is 5.92 Å². The number of carbonyl (C=O) groups is 5. The zero-order chi connectivity index (χ0) is 29.4. The Morgan fingerprint density at radius 2 is 1.88 bits per heavy atom. The molecule has 0 spiro atoms. The molecule has 218 valence electrons. The van der Waals surface area contributed by atoms with Gasteiger partial charge in [0.15, 0.2) is 5.78 Å². The van der Waals surface area contributed by atoms with Gasteiger partial charge in [0.2, 0.25) is 5.91 Å². The molecule has 1 aliphatic carbocycles. The third kappa shape index (κ3) is 9.34. The van der Waals surface area contributed by atoms with Gasteiger partial charge >= 0.3 is 11.9 Å². The van der Waals surface area contributed by atoms with Crippen LogP contribution in [0.15, 0.2) is 35.9 Å². The summed E-state index contributed by atoms with van der Waals surface area (Å²) in [5, 5.41) is 21.8. The number of nitrogens with zero attached hydrogens (tertiary/aromatic N) is 1. The van der Waals surface area contributed by atoms with Crippen LogP contribution in [0.5, 0.6) is 0 Å². The third-order valence-electron chi connectivity index (χ3n) is 6.86. The number of halogens is 1. The van der Waals surface area contributed by atoms with Crippen molar-refractivity contribution in [3.8, 4) is 0 Å². The first kappa shape index (κ1) is 32.1. The molecule has 2 fully saturated rings. The molecule has 3 rings (SSSR count). The number of likely N-dealkylation sites (tertiary alicyclic amines) is 1. The van der Waals surface area contributed by atoms with Gasteiger partial charge in [-0.2, -0.15) is 0 Å². The number of rotatable bonds is 15. The lowest BCUT2D eigenvalue weighted by Crippen LogP contribution is -2.43. The number of amides is 1. The molecule has 1 saturated heterocycles. The van der Waals surface area contributed by atoms with E-state index in [0.29, 0.717) is 29.1 Å². The summed E-state index contributed by atoms with van der Waals surface area (Å²) in [6, 6.07) is 4.70. The molecule has 40 heavy (non-hydrogen) atoms. The van der Waals surface area contributed by atoms with Crippen molar-refractivity contribution in [3.05, 3.63) is 46.5 Å². The van der Waals surface area contributed by atoms with Crippen molar-refractivity contribution in [2.75, 3.05) is 18.8 Å². The Bertz CT molecular complexity index is 1160. The number of carbonyl (C=O) groups excluding carboxylic acids is 3. The molecular formula is C27H34ClN3O7S2. The van der Waals surface area contributed by atoms with Crippen molar-refractivity contribution in [3.63, 3.8) is 0 Å². The second-order valence-electron chi connectivity index (χ2n) is 10.0. The zero-order valence-corrected chi connectivity index (χ0v) is 24.5. The van der Waals surface area contributed by atoms with Crippen LogP contribution in [0.2, 0.25) is 5.02 Å². The SMILES string of the molecule is CC(=O)C(N)CCC(=O)NC(CSSC1CCN(C(C(=O)C2CC2)c2ccccc2Cl)C/C1=C/C(=O)O)C(=O)O. The number of aliphatic carboxylic acids is 2. The maximum Gasteiger partial charge on any atom is 0.328 e. The lowest BCUT2D eigenvalue weighted by Gasteiger charge is -2.38. The maximum atomic E-state index is 13.3. The van der Waals surface area contributed by atoms with Crippen molar-refractivity contribution >= 4 is 62.6 Å². The largest absolute Gasteiger partial charge is 0.480 e. The Kier molecular flexibility index (Phi) is 12.1. The molecule has 1 aliphatic heterocycles. The number of carboxylic acid groups (broad SMARTS) is 2. The van der Waals surface area contributed by atoms with Gasteiger partial charge in [0.25, 0.3) is 0 Å². The maximum absolute atomic E-state index is 13.3. The predicted octanol–water partition coefficient (Wildman–Crippen LogP) is 3.09. The molecule has 1 aromatic rings. The zero-order valence-electron chi connectivity index (χ0n) is 22.1. The molecule has 5 N–H and O–H groups in total. The van der Waals surface area contributed by atoms with Crippen LogP contribution in [0.1, 0.15) is 50.6 Å². The lowest BCUT2D eigenvalue weighted by molar-refractivity contribution is -0.141. The van der Waals surface area contributed by atoms with Crippen LogP contribution in [-0.2, 0) is 24.0 Å². The number of ketones is 2. The number of nitrogens with one attached hydrogen (secondary N) is 1. The summed E-state index contributed by atoms with van der Waals surface area (Å²) in [5.74, 6) is -2.94. The van der Waals surface area contributed by atoms with E-state index in [1.807, 2.05) is 17.0 Å². The highest BCUT2D eigenvalue weighted by Crippen LogP contribution is 2.43. The van der Waals surface area contributed by atoms with Crippen molar-refractivity contribution in [2.24, 2.45) is 11.7 Å². The molecule has 1 saturated carbocycles. The number of Topliss-reactive ketones (excluding diaryl/α,β-unsaturated/α-hetero) is 2. The number of carboxylic acids is 2. The van der Waals surface area contributed by atoms with Crippen LogP contribution >= 0.6 is 33.2 Å². The van der Waals surface area contributed by atoms with Gasteiger partial charge in [-0.05, 0) is 49.8 Å². The molecule has 4 unspecified atom stereocenters. The second-order valence-corrected chi connectivity index (χ2v) is 13.0. The van der Waals surface area contributed by atoms with Gasteiger partial charge in [-0.15, -0.1) is 0 Å². The smallest absolute Gasteiger partial charge is 0.328 e. The molecular weight excluding hydrogens is 578 g/mol. The van der Waals surface area contributed by atoms with Crippen LogP contribution in [0.25, 0.3) is 0 Å². The van der Waals surface area contributed by atoms with Gasteiger partial charge < -0.3 is 21.3 Å². The number of benzene rings is 1.